The number of nitrogens with one attached hydrogen (secondary N) is 1. The van der Waals surface area contributed by atoms with E-state index in [1.165, 1.54) is 12.8 Å². The molecule has 0 bridgehead atoms. The molecule has 4 unspecified atom stereocenters. The number of hydrogen-bond acceptors (Lipinski definition) is 3. The molecule has 0 radical (unpaired) electrons. The molecular formula is C17H32N2O2. The molecule has 2 fully saturated rings. The van der Waals surface area contributed by atoms with E-state index in [9.17, 15) is 4.79 Å². The molecule has 2 rings (SSSR count). The van der Waals surface area contributed by atoms with Crippen LogP contribution >= 0.6 is 0 Å². The standard InChI is InChI=1S/C17H32N2O2/c1-12-5-6-15(12)19-9-13(8-16(20)21)7-14(10-19)18-11-17(2,3)4/h12-15,18H,5-11H2,1-4H3,(H,20,21). The highest BCUT2D eigenvalue weighted by atomic mass is 16.4. The SMILES string of the molecule is CC1CCC1N1CC(CC(=O)O)CC(NCC(C)(C)C)C1. The van der Waals surface area contributed by atoms with E-state index < -0.39 is 5.97 Å². The maximum absolute atomic E-state index is 11.1. The second kappa shape index (κ2) is 6.66. The third kappa shape index (κ3) is 4.96. The van der Waals surface area contributed by atoms with Gasteiger partial charge in [-0.05, 0) is 36.5 Å². The Kier molecular flexibility index (Phi) is 5.31. The molecule has 4 heteroatoms. The van der Waals surface area contributed by atoms with Gasteiger partial charge in [-0.3, -0.25) is 9.69 Å². The Morgan fingerprint density at radius 2 is 2.00 bits per heavy atom. The monoisotopic (exact) mass is 296 g/mol. The fourth-order valence-corrected chi connectivity index (χ4v) is 3.70. The highest BCUT2D eigenvalue weighted by Crippen LogP contribution is 2.35. The first-order valence-corrected chi connectivity index (χ1v) is 8.44. The highest BCUT2D eigenvalue weighted by Gasteiger charge is 2.38. The Morgan fingerprint density at radius 3 is 2.48 bits per heavy atom. The summed E-state index contributed by atoms with van der Waals surface area (Å²) in [7, 11) is 0. The van der Waals surface area contributed by atoms with Gasteiger partial charge < -0.3 is 10.4 Å². The van der Waals surface area contributed by atoms with E-state index in [0.717, 1.165) is 32.0 Å². The average molecular weight is 296 g/mol. The zero-order valence-corrected chi connectivity index (χ0v) is 14.1. The van der Waals surface area contributed by atoms with Crippen LogP contribution in [0.4, 0.5) is 0 Å². The molecule has 0 aromatic heterocycles. The quantitative estimate of drug-likeness (QED) is 0.819. The average Bonchev–Trinajstić information content (AvgIpc) is 2.32. The van der Waals surface area contributed by atoms with Crippen LogP contribution in [0.25, 0.3) is 0 Å². The van der Waals surface area contributed by atoms with Crippen molar-refractivity contribution in [3.05, 3.63) is 0 Å². The molecule has 2 N–H and O–H groups in total. The normalized spacial score (nSPS) is 34.5. The number of aliphatic carboxylic acids is 1. The van der Waals surface area contributed by atoms with E-state index in [1.807, 2.05) is 0 Å². The summed E-state index contributed by atoms with van der Waals surface area (Å²) in [5.41, 5.74) is 0.272. The number of carbonyl (C=O) groups is 1. The summed E-state index contributed by atoms with van der Waals surface area (Å²) < 4.78 is 0. The molecule has 4 nitrogen and oxygen atoms in total. The summed E-state index contributed by atoms with van der Waals surface area (Å²) in [5, 5.41) is 12.8. The number of hydrogen-bond donors (Lipinski definition) is 2. The van der Waals surface area contributed by atoms with Gasteiger partial charge in [0.05, 0.1) is 0 Å². The molecule has 0 amide bonds. The minimum Gasteiger partial charge on any atom is -0.481 e. The van der Waals surface area contributed by atoms with Gasteiger partial charge in [0.25, 0.3) is 0 Å². The molecule has 1 saturated carbocycles. The van der Waals surface area contributed by atoms with Crippen LogP contribution in [0.15, 0.2) is 0 Å². The lowest BCUT2D eigenvalue weighted by Gasteiger charge is -2.48. The first kappa shape index (κ1) is 16.8. The Morgan fingerprint density at radius 1 is 1.29 bits per heavy atom. The highest BCUT2D eigenvalue weighted by molar-refractivity contribution is 5.67. The van der Waals surface area contributed by atoms with Gasteiger partial charge >= 0.3 is 5.97 Å². The lowest BCUT2D eigenvalue weighted by atomic mass is 9.78. The van der Waals surface area contributed by atoms with Crippen molar-refractivity contribution in [2.45, 2.75) is 65.5 Å². The van der Waals surface area contributed by atoms with E-state index >= 15 is 0 Å². The Bertz CT molecular complexity index is 364. The van der Waals surface area contributed by atoms with Crippen LogP contribution in [0.2, 0.25) is 0 Å². The topological polar surface area (TPSA) is 52.6 Å². The van der Waals surface area contributed by atoms with Crippen LogP contribution in [0, 0.1) is 17.3 Å². The summed E-state index contributed by atoms with van der Waals surface area (Å²) in [4.78, 5) is 13.6. The largest absolute Gasteiger partial charge is 0.481 e. The molecule has 21 heavy (non-hydrogen) atoms. The van der Waals surface area contributed by atoms with E-state index in [2.05, 4.69) is 37.9 Å². The van der Waals surface area contributed by atoms with Crippen molar-refractivity contribution in [3.8, 4) is 0 Å². The number of likely N-dealkylation sites (tertiary alicyclic amines) is 1. The number of rotatable bonds is 5. The summed E-state index contributed by atoms with van der Waals surface area (Å²) in [5.74, 6) is 0.413. The summed E-state index contributed by atoms with van der Waals surface area (Å²) in [6.07, 6.45) is 3.92. The molecule has 122 valence electrons. The van der Waals surface area contributed by atoms with Gasteiger partial charge in [-0.2, -0.15) is 0 Å². The van der Waals surface area contributed by atoms with Gasteiger partial charge in [0.2, 0.25) is 0 Å². The van der Waals surface area contributed by atoms with Crippen molar-refractivity contribution in [1.29, 1.82) is 0 Å². The zero-order valence-electron chi connectivity index (χ0n) is 14.1. The third-order valence-corrected chi connectivity index (χ3v) is 4.99. The fourth-order valence-electron chi connectivity index (χ4n) is 3.70. The second-order valence-corrected chi connectivity index (χ2v) is 8.41. The summed E-state index contributed by atoms with van der Waals surface area (Å²) in [6.45, 7) is 12.1. The van der Waals surface area contributed by atoms with Crippen LogP contribution in [0.1, 0.15) is 53.4 Å². The molecule has 1 heterocycles. The number of carboxylic acids is 1. The van der Waals surface area contributed by atoms with Crippen molar-refractivity contribution >= 4 is 5.97 Å². The maximum Gasteiger partial charge on any atom is 0.303 e. The van der Waals surface area contributed by atoms with Crippen LogP contribution in [0.3, 0.4) is 0 Å². The van der Waals surface area contributed by atoms with E-state index in [1.54, 1.807) is 0 Å². The molecule has 1 saturated heterocycles. The molecule has 1 aliphatic carbocycles. The molecule has 4 atom stereocenters. The van der Waals surface area contributed by atoms with Gasteiger partial charge in [0, 0.05) is 38.1 Å². The van der Waals surface area contributed by atoms with Crippen molar-refractivity contribution in [2.24, 2.45) is 17.3 Å². The third-order valence-electron chi connectivity index (χ3n) is 4.99. The van der Waals surface area contributed by atoms with E-state index in [4.69, 9.17) is 5.11 Å². The van der Waals surface area contributed by atoms with Crippen LogP contribution in [-0.2, 0) is 4.79 Å². The van der Waals surface area contributed by atoms with Crippen molar-refractivity contribution < 1.29 is 9.90 Å². The first-order chi connectivity index (χ1) is 9.74. The van der Waals surface area contributed by atoms with E-state index in [-0.39, 0.29) is 5.41 Å². The minimum absolute atomic E-state index is 0.272. The molecular weight excluding hydrogens is 264 g/mol. The number of carboxylic acid groups (broad SMARTS) is 1. The fraction of sp³-hybridized carbons (Fsp3) is 0.941. The van der Waals surface area contributed by atoms with Gasteiger partial charge in [-0.25, -0.2) is 0 Å². The predicted molar refractivity (Wildman–Crippen MR) is 85.4 cm³/mol. The molecule has 2 aliphatic rings. The first-order valence-electron chi connectivity index (χ1n) is 8.44. The van der Waals surface area contributed by atoms with Gasteiger partial charge in [-0.15, -0.1) is 0 Å². The van der Waals surface area contributed by atoms with Crippen molar-refractivity contribution in [1.82, 2.24) is 10.2 Å². The maximum atomic E-state index is 11.1. The smallest absolute Gasteiger partial charge is 0.303 e. The Balaban J connectivity index is 1.94. The zero-order chi connectivity index (χ0) is 15.6. The molecule has 0 aromatic carbocycles. The minimum atomic E-state index is -0.655. The van der Waals surface area contributed by atoms with Crippen LogP contribution in [-0.4, -0.2) is 47.7 Å². The van der Waals surface area contributed by atoms with E-state index in [0.29, 0.717) is 24.4 Å². The van der Waals surface area contributed by atoms with Gasteiger partial charge in [0.1, 0.15) is 0 Å². The van der Waals surface area contributed by atoms with Crippen molar-refractivity contribution in [2.75, 3.05) is 19.6 Å². The number of nitrogens with zero attached hydrogens (tertiary/aromatic N) is 1. The van der Waals surface area contributed by atoms with Gasteiger partial charge in [0.15, 0.2) is 0 Å². The molecule has 1 aliphatic heterocycles. The predicted octanol–water partition coefficient (Wildman–Crippen LogP) is 2.59. The second-order valence-electron chi connectivity index (χ2n) is 8.41. The molecule has 0 spiro atoms. The lowest BCUT2D eigenvalue weighted by molar-refractivity contribution is -0.138. The molecule has 0 aromatic rings. The van der Waals surface area contributed by atoms with Crippen molar-refractivity contribution in [3.63, 3.8) is 0 Å². The number of piperidine rings is 1. The summed E-state index contributed by atoms with van der Waals surface area (Å²) in [6, 6.07) is 1.12. The summed E-state index contributed by atoms with van der Waals surface area (Å²) >= 11 is 0. The van der Waals surface area contributed by atoms with Crippen LogP contribution in [0.5, 0.6) is 0 Å². The van der Waals surface area contributed by atoms with Gasteiger partial charge in [-0.1, -0.05) is 27.7 Å². The Labute approximate surface area is 129 Å². The van der Waals surface area contributed by atoms with Crippen LogP contribution < -0.4 is 5.32 Å². The Hall–Kier alpha value is -0.610. The lowest BCUT2D eigenvalue weighted by Crippen LogP contribution is -2.57.